The minimum Gasteiger partial charge on any atom is -0.350 e. The first-order chi connectivity index (χ1) is 13.3. The summed E-state index contributed by atoms with van der Waals surface area (Å²) in [6.45, 7) is 6.26. The van der Waals surface area contributed by atoms with Crippen molar-refractivity contribution in [1.29, 1.82) is 0 Å². The van der Waals surface area contributed by atoms with Crippen LogP contribution in [-0.4, -0.2) is 33.7 Å². The van der Waals surface area contributed by atoms with Crippen molar-refractivity contribution in [3.8, 4) is 5.69 Å². The smallest absolute Gasteiger partial charge is 0.350 e. The van der Waals surface area contributed by atoms with Gasteiger partial charge in [-0.15, -0.1) is 0 Å². The van der Waals surface area contributed by atoms with Crippen LogP contribution in [0.25, 0.3) is 5.69 Å². The number of aryl methyl sites for hydroxylation is 1. The molecular formula is C19H21F3N4O3. The number of benzene rings is 1. The van der Waals surface area contributed by atoms with E-state index in [4.69, 9.17) is 0 Å². The number of halogens is 3. The van der Waals surface area contributed by atoms with E-state index in [0.717, 1.165) is 16.8 Å². The molecule has 1 aromatic heterocycles. The number of carbonyl (C=O) groups excluding carboxylic acids is 2. The van der Waals surface area contributed by atoms with Gasteiger partial charge in [-0.25, -0.2) is 4.68 Å². The minimum atomic E-state index is -4.65. The summed E-state index contributed by atoms with van der Waals surface area (Å²) in [5.41, 5.74) is -3.06. The van der Waals surface area contributed by atoms with E-state index in [-0.39, 0.29) is 11.4 Å². The van der Waals surface area contributed by atoms with Crippen molar-refractivity contribution in [2.75, 3.05) is 6.54 Å². The summed E-state index contributed by atoms with van der Waals surface area (Å²) >= 11 is 0. The molecule has 156 valence electrons. The molecule has 1 aromatic carbocycles. The standard InChI is InChI=1S/C19H21F3N4O3/c1-11-9-14(27)16(17(29)23-10-15(28)24-18(2,3)4)25-26(11)13-8-6-5-7-12(13)19(20,21)22/h5-9H,10H2,1-4H3,(H,23,29)(H,24,28). The molecule has 2 rings (SSSR count). The first-order valence-electron chi connectivity index (χ1n) is 8.66. The molecule has 0 unspecified atom stereocenters. The topological polar surface area (TPSA) is 93.1 Å². The molecule has 0 fully saturated rings. The van der Waals surface area contributed by atoms with Crippen LogP contribution in [0, 0.1) is 6.92 Å². The molecule has 0 aliphatic carbocycles. The van der Waals surface area contributed by atoms with Gasteiger partial charge in [0.2, 0.25) is 11.3 Å². The Balaban J connectivity index is 2.37. The molecule has 2 N–H and O–H groups in total. The fourth-order valence-corrected chi connectivity index (χ4v) is 2.55. The Morgan fingerprint density at radius 1 is 1.14 bits per heavy atom. The van der Waals surface area contributed by atoms with Gasteiger partial charge in [-0.1, -0.05) is 12.1 Å². The average molecular weight is 410 g/mol. The molecule has 1 heterocycles. The van der Waals surface area contributed by atoms with Crippen LogP contribution >= 0.6 is 0 Å². The number of rotatable bonds is 4. The third-order valence-electron chi connectivity index (χ3n) is 3.68. The average Bonchev–Trinajstić information content (AvgIpc) is 2.57. The number of aromatic nitrogens is 2. The fourth-order valence-electron chi connectivity index (χ4n) is 2.55. The number of nitrogens with one attached hydrogen (secondary N) is 2. The van der Waals surface area contributed by atoms with E-state index in [2.05, 4.69) is 15.7 Å². The summed E-state index contributed by atoms with van der Waals surface area (Å²) < 4.78 is 40.9. The molecule has 2 aromatic rings. The summed E-state index contributed by atoms with van der Waals surface area (Å²) in [7, 11) is 0. The van der Waals surface area contributed by atoms with Gasteiger partial charge in [-0.05, 0) is 39.8 Å². The fraction of sp³-hybridized carbons (Fsp3) is 0.368. The Bertz CT molecular complexity index is 991. The lowest BCUT2D eigenvalue weighted by atomic mass is 10.1. The highest BCUT2D eigenvalue weighted by Gasteiger charge is 2.34. The second-order valence-electron chi connectivity index (χ2n) is 7.41. The van der Waals surface area contributed by atoms with Crippen LogP contribution in [0.3, 0.4) is 0 Å². The minimum absolute atomic E-state index is 0.119. The largest absolute Gasteiger partial charge is 0.418 e. The molecule has 7 nitrogen and oxygen atoms in total. The molecule has 2 amide bonds. The lowest BCUT2D eigenvalue weighted by Crippen LogP contribution is -2.46. The maximum Gasteiger partial charge on any atom is 0.418 e. The predicted molar refractivity (Wildman–Crippen MR) is 99.8 cm³/mol. The summed E-state index contributed by atoms with van der Waals surface area (Å²) in [4.78, 5) is 36.3. The zero-order chi connectivity index (χ0) is 22.0. The molecule has 0 saturated heterocycles. The van der Waals surface area contributed by atoms with E-state index in [1.165, 1.54) is 25.1 Å². The quantitative estimate of drug-likeness (QED) is 0.808. The molecule has 0 aliphatic rings. The second-order valence-corrected chi connectivity index (χ2v) is 7.41. The normalized spacial score (nSPS) is 11.8. The third-order valence-corrected chi connectivity index (χ3v) is 3.68. The van der Waals surface area contributed by atoms with Gasteiger partial charge in [0.25, 0.3) is 5.91 Å². The van der Waals surface area contributed by atoms with Crippen LogP contribution in [-0.2, 0) is 11.0 Å². The molecule has 10 heteroatoms. The first kappa shape index (κ1) is 22.1. The monoisotopic (exact) mass is 410 g/mol. The van der Waals surface area contributed by atoms with Crippen molar-refractivity contribution >= 4 is 11.8 Å². The number of hydrogen-bond acceptors (Lipinski definition) is 4. The number of nitrogens with zero attached hydrogens (tertiary/aromatic N) is 2. The van der Waals surface area contributed by atoms with Crippen LogP contribution < -0.4 is 16.1 Å². The van der Waals surface area contributed by atoms with Gasteiger partial charge in [0.15, 0.2) is 5.69 Å². The maximum atomic E-state index is 13.3. The van der Waals surface area contributed by atoms with Crippen molar-refractivity contribution in [2.45, 2.75) is 39.4 Å². The Kier molecular flexibility index (Phi) is 6.15. The summed E-state index contributed by atoms with van der Waals surface area (Å²) in [5, 5.41) is 8.71. The highest BCUT2D eigenvalue weighted by atomic mass is 19.4. The number of para-hydroxylation sites is 1. The Morgan fingerprint density at radius 2 is 1.76 bits per heavy atom. The van der Waals surface area contributed by atoms with E-state index >= 15 is 0 Å². The first-order valence-corrected chi connectivity index (χ1v) is 8.66. The van der Waals surface area contributed by atoms with Crippen molar-refractivity contribution in [3.63, 3.8) is 0 Å². The third kappa shape index (κ3) is 5.66. The summed E-state index contributed by atoms with van der Waals surface area (Å²) in [6, 6.07) is 5.70. The van der Waals surface area contributed by atoms with Crippen molar-refractivity contribution in [2.24, 2.45) is 0 Å². The SMILES string of the molecule is Cc1cc(=O)c(C(=O)NCC(=O)NC(C)(C)C)nn1-c1ccccc1C(F)(F)F. The summed E-state index contributed by atoms with van der Waals surface area (Å²) in [5.74, 6) is -1.45. The van der Waals surface area contributed by atoms with E-state index in [1.807, 2.05) is 0 Å². The van der Waals surface area contributed by atoms with Crippen molar-refractivity contribution in [1.82, 2.24) is 20.4 Å². The number of amides is 2. The van der Waals surface area contributed by atoms with Crippen molar-refractivity contribution in [3.05, 3.63) is 57.5 Å². The van der Waals surface area contributed by atoms with Crippen LogP contribution in [0.2, 0.25) is 0 Å². The Hall–Kier alpha value is -3.17. The van der Waals surface area contributed by atoms with Gasteiger partial charge in [-0.3, -0.25) is 14.4 Å². The molecule has 0 atom stereocenters. The number of alkyl halides is 3. The number of hydrogen-bond donors (Lipinski definition) is 2. The lowest BCUT2D eigenvalue weighted by molar-refractivity contribution is -0.137. The molecular weight excluding hydrogens is 389 g/mol. The molecule has 0 spiro atoms. The van der Waals surface area contributed by atoms with E-state index < -0.39 is 46.8 Å². The van der Waals surface area contributed by atoms with Crippen LogP contribution in [0.5, 0.6) is 0 Å². The van der Waals surface area contributed by atoms with Gasteiger partial charge in [-0.2, -0.15) is 18.3 Å². The Labute approximate surface area is 164 Å². The zero-order valence-corrected chi connectivity index (χ0v) is 16.3. The van der Waals surface area contributed by atoms with E-state index in [1.54, 1.807) is 20.8 Å². The molecule has 0 radical (unpaired) electrons. The van der Waals surface area contributed by atoms with Gasteiger partial charge in [0.05, 0.1) is 17.8 Å². The highest BCUT2D eigenvalue weighted by molar-refractivity contribution is 5.94. The van der Waals surface area contributed by atoms with Crippen molar-refractivity contribution < 1.29 is 22.8 Å². The summed E-state index contributed by atoms with van der Waals surface area (Å²) in [6.07, 6.45) is -4.65. The van der Waals surface area contributed by atoms with Crippen LogP contribution in [0.4, 0.5) is 13.2 Å². The van der Waals surface area contributed by atoms with Gasteiger partial charge in [0, 0.05) is 17.3 Å². The second kappa shape index (κ2) is 8.06. The highest BCUT2D eigenvalue weighted by Crippen LogP contribution is 2.33. The zero-order valence-electron chi connectivity index (χ0n) is 16.3. The Morgan fingerprint density at radius 3 is 2.34 bits per heavy atom. The number of carbonyl (C=O) groups is 2. The van der Waals surface area contributed by atoms with E-state index in [0.29, 0.717) is 0 Å². The van der Waals surface area contributed by atoms with Gasteiger partial charge >= 0.3 is 6.18 Å². The molecule has 0 saturated carbocycles. The predicted octanol–water partition coefficient (Wildman–Crippen LogP) is 2.20. The van der Waals surface area contributed by atoms with Gasteiger partial charge < -0.3 is 10.6 Å². The molecule has 0 bridgehead atoms. The van der Waals surface area contributed by atoms with Crippen LogP contribution in [0.15, 0.2) is 35.1 Å². The lowest BCUT2D eigenvalue weighted by Gasteiger charge is -2.20. The van der Waals surface area contributed by atoms with Crippen LogP contribution in [0.1, 0.15) is 42.5 Å². The molecule has 29 heavy (non-hydrogen) atoms. The maximum absolute atomic E-state index is 13.3. The molecule has 0 aliphatic heterocycles. The van der Waals surface area contributed by atoms with E-state index in [9.17, 15) is 27.6 Å². The van der Waals surface area contributed by atoms with Gasteiger partial charge in [0.1, 0.15) is 0 Å².